The topological polar surface area (TPSA) is 56.5 Å². The van der Waals surface area contributed by atoms with Gasteiger partial charge in [0.25, 0.3) is 0 Å². The minimum Gasteiger partial charge on any atom is -0.395 e. The molecule has 1 atom stereocenters. The first-order valence-corrected chi connectivity index (χ1v) is 6.12. The Morgan fingerprint density at radius 1 is 1.44 bits per heavy atom. The van der Waals surface area contributed by atoms with E-state index in [4.69, 9.17) is 15.1 Å². The number of morpholine rings is 1. The van der Waals surface area contributed by atoms with Gasteiger partial charge >= 0.3 is 0 Å². The maximum atomic E-state index is 8.89. The smallest absolute Gasteiger partial charge is 0.0952 e. The largest absolute Gasteiger partial charge is 0.395 e. The Kier molecular flexibility index (Phi) is 7.04. The van der Waals surface area contributed by atoms with Crippen LogP contribution < -0.4 is 0 Å². The highest BCUT2D eigenvalue weighted by atomic mass is 16.5. The molecule has 4 nitrogen and oxygen atoms in total. The maximum Gasteiger partial charge on any atom is 0.0952 e. The molecule has 0 aliphatic carbocycles. The molecule has 1 aromatic carbocycles. The van der Waals surface area contributed by atoms with E-state index in [0.29, 0.717) is 0 Å². The Morgan fingerprint density at radius 3 is 2.72 bits per heavy atom. The highest BCUT2D eigenvalue weighted by molar-refractivity contribution is 5.18. The highest BCUT2D eigenvalue weighted by Crippen LogP contribution is 2.21. The summed E-state index contributed by atoms with van der Waals surface area (Å²) in [6.45, 7) is 4.95. The quantitative estimate of drug-likeness (QED) is 0.882. The van der Waals surface area contributed by atoms with Gasteiger partial charge in [0.05, 0.1) is 25.4 Å². The van der Waals surface area contributed by atoms with E-state index in [1.54, 1.807) is 6.07 Å². The predicted molar refractivity (Wildman–Crippen MR) is 69.9 cm³/mol. The second kappa shape index (κ2) is 8.65. The number of nitriles is 1. The van der Waals surface area contributed by atoms with Crippen molar-refractivity contribution < 1.29 is 9.84 Å². The molecule has 18 heavy (non-hydrogen) atoms. The molecule has 1 unspecified atom stereocenters. The molecular formula is C14H20N2O2. The number of β-amino-alcohol motifs (C(OH)–C–C–N with tert-alkyl or cyclic N) is 1. The number of hydrogen-bond donors (Lipinski definition) is 1. The molecule has 0 bridgehead atoms. The molecule has 0 radical (unpaired) electrons. The van der Waals surface area contributed by atoms with Gasteiger partial charge in [-0.25, -0.2) is 0 Å². The number of hydrogen-bond acceptors (Lipinski definition) is 4. The third-order valence-corrected chi connectivity index (χ3v) is 2.74. The first-order valence-electron chi connectivity index (χ1n) is 6.12. The van der Waals surface area contributed by atoms with Crippen LogP contribution in [0.2, 0.25) is 0 Å². The summed E-state index contributed by atoms with van der Waals surface area (Å²) in [5.74, 6) is 0. The molecule has 2 rings (SSSR count). The number of nitrogens with zero attached hydrogens (tertiary/aromatic N) is 2. The molecule has 1 heterocycles. The monoisotopic (exact) mass is 248 g/mol. The fraction of sp³-hybridized carbons (Fsp3) is 0.500. The summed E-state index contributed by atoms with van der Waals surface area (Å²) < 4.78 is 5.72. The van der Waals surface area contributed by atoms with Crippen LogP contribution in [0.15, 0.2) is 30.3 Å². The second-order valence-corrected chi connectivity index (χ2v) is 4.02. The fourth-order valence-electron chi connectivity index (χ4n) is 1.92. The van der Waals surface area contributed by atoms with E-state index in [2.05, 4.69) is 17.0 Å². The molecule has 1 aromatic rings. The van der Waals surface area contributed by atoms with Crippen LogP contribution in [0.5, 0.6) is 0 Å². The zero-order valence-electron chi connectivity index (χ0n) is 10.7. The molecule has 1 saturated heterocycles. The Balaban J connectivity index is 0.000000492. The average Bonchev–Trinajstić information content (AvgIpc) is 2.41. The van der Waals surface area contributed by atoms with Crippen molar-refractivity contribution in [2.75, 3.05) is 32.8 Å². The summed E-state index contributed by atoms with van der Waals surface area (Å²) in [6.07, 6.45) is 0.159. The molecule has 1 N–H and O–H groups in total. The average molecular weight is 248 g/mol. The van der Waals surface area contributed by atoms with Crippen molar-refractivity contribution in [2.24, 2.45) is 0 Å². The summed E-state index contributed by atoms with van der Waals surface area (Å²) in [4.78, 5) is 2.24. The van der Waals surface area contributed by atoms with Crippen LogP contribution in [-0.4, -0.2) is 42.9 Å². The van der Waals surface area contributed by atoms with Crippen molar-refractivity contribution >= 4 is 0 Å². The molecule has 0 spiro atoms. The van der Waals surface area contributed by atoms with Crippen molar-refractivity contribution in [3.05, 3.63) is 35.9 Å². The van der Waals surface area contributed by atoms with Gasteiger partial charge in [-0.2, -0.15) is 5.26 Å². The van der Waals surface area contributed by atoms with Gasteiger partial charge in [0.15, 0.2) is 0 Å². The number of aliphatic hydroxyl groups is 1. The van der Waals surface area contributed by atoms with Crippen molar-refractivity contribution in [2.45, 2.75) is 13.0 Å². The summed E-state index contributed by atoms with van der Waals surface area (Å²) in [6, 6.07) is 12.0. The third-order valence-electron chi connectivity index (χ3n) is 2.74. The van der Waals surface area contributed by atoms with Gasteiger partial charge in [0.2, 0.25) is 0 Å². The Hall–Kier alpha value is -1.41. The van der Waals surface area contributed by atoms with Gasteiger partial charge in [-0.15, -0.1) is 0 Å². The molecule has 1 fully saturated rings. The van der Waals surface area contributed by atoms with E-state index in [0.717, 1.165) is 26.2 Å². The summed E-state index contributed by atoms with van der Waals surface area (Å²) in [7, 11) is 0. The van der Waals surface area contributed by atoms with E-state index in [1.165, 1.54) is 12.5 Å². The predicted octanol–water partition coefficient (Wildman–Crippen LogP) is 1.58. The zero-order chi connectivity index (χ0) is 13.2. The number of ether oxygens (including phenoxy) is 1. The lowest BCUT2D eigenvalue weighted by molar-refractivity contribution is -0.0337. The standard InChI is InChI=1S/C12H17NO2.C2H3N/c14-8-6-13-7-9-15-12(10-13)11-4-2-1-3-5-11;1-2-3/h1-5,12,14H,6-10H2;1H3. The fourth-order valence-corrected chi connectivity index (χ4v) is 1.92. The van der Waals surface area contributed by atoms with Crippen molar-refractivity contribution in [1.82, 2.24) is 4.90 Å². The summed E-state index contributed by atoms with van der Waals surface area (Å²) >= 11 is 0. The SMILES string of the molecule is CC#N.OCCN1CCOC(c2ccccc2)C1. The molecule has 0 saturated carbocycles. The van der Waals surface area contributed by atoms with Gasteiger partial charge < -0.3 is 9.84 Å². The maximum absolute atomic E-state index is 8.89. The Morgan fingerprint density at radius 2 is 2.11 bits per heavy atom. The third kappa shape index (κ3) is 4.84. The van der Waals surface area contributed by atoms with Crippen LogP contribution in [0, 0.1) is 11.3 Å². The minimum absolute atomic E-state index is 0.159. The Bertz CT molecular complexity index is 360. The molecule has 1 aliphatic heterocycles. The van der Waals surface area contributed by atoms with E-state index >= 15 is 0 Å². The summed E-state index contributed by atoms with van der Waals surface area (Å²) in [5.41, 5.74) is 1.22. The lowest BCUT2D eigenvalue weighted by Gasteiger charge is -2.32. The molecule has 0 amide bonds. The van der Waals surface area contributed by atoms with Gasteiger partial charge in [0, 0.05) is 26.6 Å². The molecule has 98 valence electrons. The number of rotatable bonds is 3. The van der Waals surface area contributed by atoms with E-state index < -0.39 is 0 Å². The van der Waals surface area contributed by atoms with E-state index in [-0.39, 0.29) is 12.7 Å². The van der Waals surface area contributed by atoms with Crippen LogP contribution in [0.1, 0.15) is 18.6 Å². The second-order valence-electron chi connectivity index (χ2n) is 4.02. The van der Waals surface area contributed by atoms with Crippen LogP contribution in [0.25, 0.3) is 0 Å². The zero-order valence-corrected chi connectivity index (χ0v) is 10.7. The van der Waals surface area contributed by atoms with Gasteiger partial charge in [-0.1, -0.05) is 30.3 Å². The van der Waals surface area contributed by atoms with Crippen molar-refractivity contribution in [1.29, 1.82) is 5.26 Å². The van der Waals surface area contributed by atoms with E-state index in [9.17, 15) is 0 Å². The minimum atomic E-state index is 0.159. The molecule has 4 heteroatoms. The lowest BCUT2D eigenvalue weighted by atomic mass is 10.1. The molecule has 1 aliphatic rings. The highest BCUT2D eigenvalue weighted by Gasteiger charge is 2.20. The van der Waals surface area contributed by atoms with Crippen LogP contribution >= 0.6 is 0 Å². The van der Waals surface area contributed by atoms with Crippen molar-refractivity contribution in [3.8, 4) is 6.07 Å². The van der Waals surface area contributed by atoms with Crippen LogP contribution in [0.3, 0.4) is 0 Å². The van der Waals surface area contributed by atoms with E-state index in [1.807, 2.05) is 18.2 Å². The van der Waals surface area contributed by atoms with Gasteiger partial charge in [0.1, 0.15) is 0 Å². The molecular weight excluding hydrogens is 228 g/mol. The Labute approximate surface area is 108 Å². The van der Waals surface area contributed by atoms with Gasteiger partial charge in [-0.05, 0) is 5.56 Å². The van der Waals surface area contributed by atoms with Crippen LogP contribution in [0.4, 0.5) is 0 Å². The normalized spacial score (nSPS) is 19.5. The van der Waals surface area contributed by atoms with Crippen LogP contribution in [-0.2, 0) is 4.74 Å². The first-order chi connectivity index (χ1) is 8.81. The first kappa shape index (κ1) is 14.7. The van der Waals surface area contributed by atoms with Crippen molar-refractivity contribution in [3.63, 3.8) is 0 Å². The lowest BCUT2D eigenvalue weighted by Crippen LogP contribution is -2.39. The molecule has 0 aromatic heterocycles. The van der Waals surface area contributed by atoms with Gasteiger partial charge in [-0.3, -0.25) is 4.90 Å². The summed E-state index contributed by atoms with van der Waals surface area (Å²) in [5, 5.41) is 16.2. The number of aliphatic hydroxyl groups excluding tert-OH is 1. The number of benzene rings is 1.